The van der Waals surface area contributed by atoms with E-state index in [4.69, 9.17) is 4.74 Å². The third-order valence-electron chi connectivity index (χ3n) is 8.38. The number of methoxy groups -OCH3 is 1. The first-order valence-corrected chi connectivity index (χ1v) is 13.8. The van der Waals surface area contributed by atoms with Gasteiger partial charge in [0.05, 0.1) is 12.8 Å². The molecule has 41 heavy (non-hydrogen) atoms. The van der Waals surface area contributed by atoms with Crippen molar-refractivity contribution in [3.8, 4) is 5.75 Å². The maximum Gasteiger partial charge on any atom is 0.322 e. The van der Waals surface area contributed by atoms with Gasteiger partial charge < -0.3 is 24.8 Å². The number of piperidine rings is 1. The summed E-state index contributed by atoms with van der Waals surface area (Å²) in [5.41, 5.74) is 1.85. The number of urea groups is 1. The molecule has 0 bridgehead atoms. The van der Waals surface area contributed by atoms with Crippen LogP contribution in [0.4, 0.5) is 30.8 Å². The van der Waals surface area contributed by atoms with Crippen LogP contribution in [0.15, 0.2) is 42.7 Å². The van der Waals surface area contributed by atoms with Crippen LogP contribution in [0.25, 0.3) is 0 Å². The molecule has 0 radical (unpaired) electrons. The van der Waals surface area contributed by atoms with Gasteiger partial charge in [-0.2, -0.15) is 0 Å². The van der Waals surface area contributed by atoms with Crippen LogP contribution < -0.4 is 19.9 Å². The number of benzene rings is 2. The monoisotopic (exact) mass is 562 g/mol. The smallest absolute Gasteiger partial charge is 0.322 e. The van der Waals surface area contributed by atoms with Gasteiger partial charge in [0.1, 0.15) is 23.6 Å². The molecule has 3 aliphatic heterocycles. The van der Waals surface area contributed by atoms with Crippen LogP contribution in [0.5, 0.6) is 5.75 Å². The Morgan fingerprint density at radius 1 is 1.07 bits per heavy atom. The van der Waals surface area contributed by atoms with Crippen LogP contribution in [-0.2, 0) is 11.8 Å². The van der Waals surface area contributed by atoms with E-state index in [0.29, 0.717) is 31.1 Å². The van der Waals surface area contributed by atoms with Crippen molar-refractivity contribution in [3.05, 3.63) is 71.2 Å². The Morgan fingerprint density at radius 2 is 1.85 bits per heavy atom. The van der Waals surface area contributed by atoms with Crippen LogP contribution in [0.2, 0.25) is 0 Å². The zero-order valence-corrected chi connectivity index (χ0v) is 23.3. The first kappa shape index (κ1) is 26.9. The van der Waals surface area contributed by atoms with E-state index in [0.717, 1.165) is 42.3 Å². The number of fused-ring (bicyclic) bond motifs is 2. The number of rotatable bonds is 4. The molecule has 1 aromatic heterocycles. The van der Waals surface area contributed by atoms with E-state index in [1.54, 1.807) is 27.0 Å². The summed E-state index contributed by atoms with van der Waals surface area (Å²) in [6, 6.07) is 9.80. The summed E-state index contributed by atoms with van der Waals surface area (Å²) in [5, 5.41) is 3.04. The molecule has 0 saturated carbocycles. The number of carbonyl (C=O) groups excluding carboxylic acids is 2. The first-order chi connectivity index (χ1) is 19.7. The molecule has 0 unspecified atom stereocenters. The largest absolute Gasteiger partial charge is 0.497 e. The maximum atomic E-state index is 14.7. The molecular weight excluding hydrogens is 530 g/mol. The lowest BCUT2D eigenvalue weighted by atomic mass is 9.86. The quantitative estimate of drug-likeness (QED) is 0.493. The van der Waals surface area contributed by atoms with Crippen molar-refractivity contribution in [2.75, 3.05) is 48.4 Å². The average molecular weight is 563 g/mol. The fourth-order valence-electron chi connectivity index (χ4n) is 6.24. The van der Waals surface area contributed by atoms with E-state index in [1.165, 1.54) is 17.3 Å². The Morgan fingerprint density at radius 3 is 2.61 bits per heavy atom. The summed E-state index contributed by atoms with van der Waals surface area (Å²) in [4.78, 5) is 40.7. The number of hydrogen-bond donors (Lipinski definition) is 1. The summed E-state index contributed by atoms with van der Waals surface area (Å²) in [7, 11) is 1.63. The van der Waals surface area contributed by atoms with E-state index in [1.807, 2.05) is 23.1 Å². The molecule has 3 aliphatic rings. The summed E-state index contributed by atoms with van der Waals surface area (Å²) in [5.74, 6) is -0.859. The molecule has 3 aromatic rings. The second-order valence-electron chi connectivity index (χ2n) is 11.4. The topological polar surface area (TPSA) is 90.9 Å². The van der Waals surface area contributed by atoms with E-state index >= 15 is 0 Å². The number of aromatic nitrogens is 2. The summed E-state index contributed by atoms with van der Waals surface area (Å²) in [6.07, 6.45) is 3.59. The van der Waals surface area contributed by atoms with Crippen LogP contribution in [0, 0.1) is 11.6 Å². The van der Waals surface area contributed by atoms with E-state index in [2.05, 4.69) is 20.2 Å². The van der Waals surface area contributed by atoms with Crippen molar-refractivity contribution >= 4 is 29.1 Å². The van der Waals surface area contributed by atoms with Crippen molar-refractivity contribution in [1.82, 2.24) is 14.9 Å². The number of anilines is 3. The Bertz CT molecular complexity index is 1520. The molecule has 214 valence electrons. The van der Waals surface area contributed by atoms with E-state index < -0.39 is 17.0 Å². The number of ether oxygens (including phenoxy) is 1. The Balaban J connectivity index is 1.14. The second kappa shape index (κ2) is 10.3. The van der Waals surface area contributed by atoms with Crippen LogP contribution in [0.3, 0.4) is 0 Å². The molecule has 1 saturated heterocycles. The van der Waals surface area contributed by atoms with Gasteiger partial charge in [-0.25, -0.2) is 23.5 Å². The van der Waals surface area contributed by atoms with Crippen LogP contribution in [0.1, 0.15) is 48.3 Å². The highest BCUT2D eigenvalue weighted by molar-refractivity contribution is 6.06. The van der Waals surface area contributed by atoms with Gasteiger partial charge in [-0.15, -0.1) is 0 Å². The number of carbonyl (C=O) groups is 2. The highest BCUT2D eigenvalue weighted by Gasteiger charge is 2.42. The van der Waals surface area contributed by atoms with Crippen molar-refractivity contribution in [2.45, 2.75) is 44.6 Å². The predicted molar refractivity (Wildman–Crippen MR) is 151 cm³/mol. The number of nitrogens with one attached hydrogen (secondary N) is 1. The molecule has 1 N–H and O–H groups in total. The normalized spacial score (nSPS) is 18.5. The minimum Gasteiger partial charge on any atom is -0.497 e. The number of amides is 3. The standard InChI is InChI=1S/C30H32F2N6O3/c1-30(2)16-38(24-7-5-21(31)27(32)26(24)30)28(39)23-15-25(34-17-33-23)36-11-9-19(10-12-36)37-13-8-18-14-20(41-3)4-6-22(18)35-29(37)40/h4-7,14-15,17,19H,8-13,16H2,1-3H3,(H,35,40). The predicted octanol–water partition coefficient (Wildman–Crippen LogP) is 4.76. The Kier molecular flexibility index (Phi) is 6.75. The number of nitrogens with zero attached hydrogens (tertiary/aromatic N) is 5. The SMILES string of the molecule is COc1ccc2c(c1)CCN(C1CCN(c3cc(C(=O)N4CC(C)(C)c5c4ccc(F)c5F)ncn3)CC1)C(=O)N2. The molecule has 2 aromatic carbocycles. The zero-order valence-electron chi connectivity index (χ0n) is 23.3. The van der Waals surface area contributed by atoms with Gasteiger partial charge >= 0.3 is 6.03 Å². The van der Waals surface area contributed by atoms with Crippen molar-refractivity contribution < 1.29 is 23.1 Å². The highest BCUT2D eigenvalue weighted by Crippen LogP contribution is 2.43. The molecule has 0 spiro atoms. The fourth-order valence-corrected chi connectivity index (χ4v) is 6.24. The highest BCUT2D eigenvalue weighted by atomic mass is 19.2. The minimum atomic E-state index is -0.929. The molecule has 0 atom stereocenters. The first-order valence-electron chi connectivity index (χ1n) is 13.8. The lowest BCUT2D eigenvalue weighted by Gasteiger charge is -2.38. The van der Waals surface area contributed by atoms with E-state index in [-0.39, 0.29) is 35.8 Å². The third-order valence-corrected chi connectivity index (χ3v) is 8.38. The van der Waals surface area contributed by atoms with Crippen molar-refractivity contribution in [1.29, 1.82) is 0 Å². The van der Waals surface area contributed by atoms with Crippen LogP contribution >= 0.6 is 0 Å². The van der Waals surface area contributed by atoms with Gasteiger partial charge in [0.2, 0.25) is 0 Å². The van der Waals surface area contributed by atoms with Crippen LogP contribution in [-0.4, -0.2) is 66.1 Å². The lowest BCUT2D eigenvalue weighted by Crippen LogP contribution is -2.49. The van der Waals surface area contributed by atoms with Crippen molar-refractivity contribution in [3.63, 3.8) is 0 Å². The average Bonchev–Trinajstić information content (AvgIpc) is 3.14. The molecule has 6 rings (SSSR count). The van der Waals surface area contributed by atoms with Gasteiger partial charge in [0, 0.05) is 55.0 Å². The Hall–Kier alpha value is -4.28. The summed E-state index contributed by atoms with van der Waals surface area (Å²) < 4.78 is 34.0. The third kappa shape index (κ3) is 4.83. The van der Waals surface area contributed by atoms with Gasteiger partial charge in [-0.05, 0) is 55.2 Å². The summed E-state index contributed by atoms with van der Waals surface area (Å²) in [6.45, 7) is 5.71. The van der Waals surface area contributed by atoms with Gasteiger partial charge in [0.15, 0.2) is 11.6 Å². The van der Waals surface area contributed by atoms with Gasteiger partial charge in [0.25, 0.3) is 5.91 Å². The van der Waals surface area contributed by atoms with Gasteiger partial charge in [-0.3, -0.25) is 4.79 Å². The molecule has 11 heteroatoms. The van der Waals surface area contributed by atoms with Crippen molar-refractivity contribution in [2.24, 2.45) is 0 Å². The fraction of sp³-hybridized carbons (Fsp3) is 0.400. The van der Waals surface area contributed by atoms with E-state index in [9.17, 15) is 18.4 Å². The maximum absolute atomic E-state index is 14.7. The minimum absolute atomic E-state index is 0.0732. The number of halogens is 2. The molecule has 9 nitrogen and oxygen atoms in total. The van der Waals surface area contributed by atoms with Gasteiger partial charge in [-0.1, -0.05) is 13.8 Å². The molecular formula is C30H32F2N6O3. The molecule has 4 heterocycles. The zero-order chi connectivity index (χ0) is 28.9. The molecule has 1 fully saturated rings. The number of hydrogen-bond acceptors (Lipinski definition) is 6. The summed E-state index contributed by atoms with van der Waals surface area (Å²) >= 11 is 0. The Labute approximate surface area is 237 Å². The molecule has 3 amide bonds. The lowest BCUT2D eigenvalue weighted by molar-refractivity contribution is 0.0981. The molecule has 0 aliphatic carbocycles. The second-order valence-corrected chi connectivity index (χ2v) is 11.4.